The number of azo groups is 2. The van der Waals surface area contributed by atoms with Crippen LogP contribution < -0.4 is 21.8 Å². The fraction of sp³-hybridized carbons (Fsp3) is 0.136. The number of carbonyl (C=O) groups is 4. The number of hydrogen-bond donors (Lipinski definition) is 6. The minimum atomic E-state index is -5.26. The van der Waals surface area contributed by atoms with Gasteiger partial charge in [-0.05, 0) is 100 Å². The summed E-state index contributed by atoms with van der Waals surface area (Å²) in [6, 6.07) is 17.6. The molecular formula is C44H36Br2N8O14S2. The van der Waals surface area contributed by atoms with Crippen molar-refractivity contribution in [2.75, 3.05) is 0 Å². The molecule has 0 bridgehead atoms. The maximum Gasteiger partial charge on any atom is 0.295 e. The van der Waals surface area contributed by atoms with Crippen molar-refractivity contribution in [2.45, 2.75) is 50.6 Å². The number of amides is 4. The molecule has 2 aromatic heterocycles. The summed E-state index contributed by atoms with van der Waals surface area (Å²) in [5.74, 6) is -5.46. The molecule has 22 nitrogen and oxygen atoms in total. The van der Waals surface area contributed by atoms with E-state index in [1.165, 1.54) is 52.0 Å². The summed E-state index contributed by atoms with van der Waals surface area (Å²) >= 11 is 6.49. The van der Waals surface area contributed by atoms with E-state index in [2.05, 4.69) is 63.0 Å². The average molecular weight is 1120 g/mol. The molecule has 4 aromatic carbocycles. The van der Waals surface area contributed by atoms with Crippen molar-refractivity contribution in [1.29, 1.82) is 0 Å². The van der Waals surface area contributed by atoms with E-state index in [0.29, 0.717) is 8.95 Å². The molecule has 2 heterocycles. The molecule has 0 spiro atoms. The fourth-order valence-electron chi connectivity index (χ4n) is 6.88. The van der Waals surface area contributed by atoms with E-state index in [4.69, 9.17) is 0 Å². The molecule has 362 valence electrons. The minimum Gasteiger partial charge on any atom is -0.493 e. The highest BCUT2D eigenvalue weighted by Crippen LogP contribution is 2.39. The maximum atomic E-state index is 13.3. The van der Waals surface area contributed by atoms with Crippen LogP contribution in [0.15, 0.2) is 134 Å². The largest absolute Gasteiger partial charge is 0.493 e. The third kappa shape index (κ3) is 10.9. The van der Waals surface area contributed by atoms with Crippen LogP contribution >= 0.6 is 31.9 Å². The van der Waals surface area contributed by atoms with E-state index in [9.17, 15) is 64.9 Å². The van der Waals surface area contributed by atoms with Crippen LogP contribution in [0.2, 0.25) is 0 Å². The van der Waals surface area contributed by atoms with Crippen LogP contribution in [0.3, 0.4) is 0 Å². The van der Waals surface area contributed by atoms with E-state index >= 15 is 0 Å². The van der Waals surface area contributed by atoms with Crippen molar-refractivity contribution in [3.63, 3.8) is 0 Å². The third-order valence-electron chi connectivity index (χ3n) is 10.4. The quantitative estimate of drug-likeness (QED) is 0.0366. The lowest BCUT2D eigenvalue weighted by atomic mass is 10.0. The van der Waals surface area contributed by atoms with E-state index in [-0.39, 0.29) is 46.7 Å². The Morgan fingerprint density at radius 2 is 0.871 bits per heavy atom. The molecule has 0 atom stereocenters. The van der Waals surface area contributed by atoms with Gasteiger partial charge >= 0.3 is 0 Å². The Hall–Kier alpha value is -7.36. The summed E-state index contributed by atoms with van der Waals surface area (Å²) in [4.78, 5) is 77.1. The molecule has 6 aromatic rings. The average Bonchev–Trinajstić information content (AvgIpc) is 3.29. The van der Waals surface area contributed by atoms with Gasteiger partial charge in [0.2, 0.25) is 11.8 Å². The van der Waals surface area contributed by atoms with Gasteiger partial charge in [-0.2, -0.15) is 27.1 Å². The number of carbonyl (C=O) groups excluding carboxylic acids is 4. The number of imide groups is 2. The minimum absolute atomic E-state index is 0.0871. The van der Waals surface area contributed by atoms with Crippen LogP contribution in [-0.4, -0.2) is 68.9 Å². The third-order valence-corrected chi connectivity index (χ3v) is 13.2. The zero-order valence-electron chi connectivity index (χ0n) is 36.6. The standard InChI is InChI=1S/C44H36Br2N8O14S2/c1-5-53-41(59)33(39(57)47-37(55)23-7-11-25(45)12-8-23)21(3)35(43(53)61)51-49-27-15-17-29(31(19-27)69(63,64)65)30-18-16-28(20-32(30)70(66,67)68)50-52-36-22(4)34(42(60)54(6-2)44(36)62)40(58)48-38(56)24-9-13-26(46)14-10-24/h7-20,61-62H,5-6H2,1-4H3,(H,47,55,57)(H,48,56,58)(H,63,64,65)(H,66,67,68). The second-order valence-corrected chi connectivity index (χ2v) is 19.3. The van der Waals surface area contributed by atoms with Gasteiger partial charge in [0, 0.05) is 55.4 Å². The van der Waals surface area contributed by atoms with E-state index in [1.54, 1.807) is 24.3 Å². The van der Waals surface area contributed by atoms with Crippen LogP contribution in [0.1, 0.15) is 66.4 Å². The first kappa shape index (κ1) is 52.0. The Balaban J connectivity index is 1.37. The van der Waals surface area contributed by atoms with Gasteiger partial charge in [0.1, 0.15) is 32.3 Å². The van der Waals surface area contributed by atoms with Crippen molar-refractivity contribution in [3.8, 4) is 22.9 Å². The van der Waals surface area contributed by atoms with Crippen LogP contribution in [0.5, 0.6) is 11.8 Å². The Labute approximate surface area is 413 Å². The summed E-state index contributed by atoms with van der Waals surface area (Å²) in [6.07, 6.45) is 0. The van der Waals surface area contributed by atoms with E-state index in [0.717, 1.165) is 45.5 Å². The van der Waals surface area contributed by atoms with Gasteiger partial charge in [-0.3, -0.25) is 57.6 Å². The van der Waals surface area contributed by atoms with Crippen LogP contribution in [0.25, 0.3) is 11.1 Å². The Morgan fingerprint density at radius 3 is 1.17 bits per heavy atom. The molecule has 6 N–H and O–H groups in total. The second kappa shape index (κ2) is 20.7. The van der Waals surface area contributed by atoms with Gasteiger partial charge in [0.05, 0.1) is 11.4 Å². The monoisotopic (exact) mass is 1120 g/mol. The summed E-state index contributed by atoms with van der Waals surface area (Å²) in [7, 11) is -10.5. The summed E-state index contributed by atoms with van der Waals surface area (Å²) in [5.41, 5.74) is -5.96. The van der Waals surface area contributed by atoms with Gasteiger partial charge in [-0.15, -0.1) is 10.2 Å². The highest BCUT2D eigenvalue weighted by atomic mass is 79.9. The molecule has 26 heteroatoms. The Kier molecular flexibility index (Phi) is 15.4. The number of nitrogens with zero attached hydrogens (tertiary/aromatic N) is 6. The lowest BCUT2D eigenvalue weighted by Gasteiger charge is -2.15. The van der Waals surface area contributed by atoms with Crippen LogP contribution in [0.4, 0.5) is 22.7 Å². The van der Waals surface area contributed by atoms with Gasteiger partial charge in [-0.25, -0.2) is 0 Å². The normalized spacial score (nSPS) is 11.8. The highest BCUT2D eigenvalue weighted by molar-refractivity contribution is 9.10. The first-order valence-electron chi connectivity index (χ1n) is 20.1. The molecule has 70 heavy (non-hydrogen) atoms. The Morgan fingerprint density at radius 1 is 0.543 bits per heavy atom. The van der Waals surface area contributed by atoms with E-state index in [1.807, 2.05) is 0 Å². The Bertz CT molecular complexity index is 3360. The molecule has 0 saturated carbocycles. The summed E-state index contributed by atoms with van der Waals surface area (Å²) in [6.45, 7) is 5.05. The van der Waals surface area contributed by atoms with Gasteiger partial charge in [-0.1, -0.05) is 44.0 Å². The van der Waals surface area contributed by atoms with Crippen molar-refractivity contribution < 1.29 is 55.3 Å². The molecule has 4 amide bonds. The van der Waals surface area contributed by atoms with Crippen molar-refractivity contribution in [2.24, 2.45) is 20.5 Å². The summed E-state index contributed by atoms with van der Waals surface area (Å²) in [5, 5.41) is 42.1. The number of halogens is 2. The number of nitrogens with one attached hydrogen (secondary N) is 2. The molecule has 0 aliphatic heterocycles. The van der Waals surface area contributed by atoms with Gasteiger partial charge < -0.3 is 10.2 Å². The van der Waals surface area contributed by atoms with Crippen molar-refractivity contribution in [3.05, 3.63) is 148 Å². The number of aromatic nitrogens is 2. The first-order chi connectivity index (χ1) is 32.9. The lowest BCUT2D eigenvalue weighted by molar-refractivity contribution is 0.0831. The number of aromatic hydroxyl groups is 2. The fourth-order valence-corrected chi connectivity index (χ4v) is 8.86. The van der Waals surface area contributed by atoms with Gasteiger partial charge in [0.15, 0.2) is 0 Å². The molecule has 0 unspecified atom stereocenters. The first-order valence-corrected chi connectivity index (χ1v) is 24.6. The van der Waals surface area contributed by atoms with Crippen LogP contribution in [-0.2, 0) is 33.3 Å². The van der Waals surface area contributed by atoms with Gasteiger partial charge in [0.25, 0.3) is 55.0 Å². The lowest BCUT2D eigenvalue weighted by Crippen LogP contribution is -2.37. The second-order valence-electron chi connectivity index (χ2n) is 14.7. The summed E-state index contributed by atoms with van der Waals surface area (Å²) < 4.78 is 74.9. The molecule has 0 saturated heterocycles. The highest BCUT2D eigenvalue weighted by Gasteiger charge is 2.28. The number of benzene rings is 4. The topological polar surface area (TPSA) is 335 Å². The number of pyridine rings is 2. The zero-order chi connectivity index (χ0) is 51.6. The molecule has 0 fully saturated rings. The molecule has 0 radical (unpaired) electrons. The van der Waals surface area contributed by atoms with E-state index < -0.39 is 110 Å². The molecular weight excluding hydrogens is 1090 g/mol. The molecule has 0 aliphatic rings. The van der Waals surface area contributed by atoms with Crippen LogP contribution in [0, 0.1) is 13.8 Å². The smallest absolute Gasteiger partial charge is 0.295 e. The molecule has 0 aliphatic carbocycles. The zero-order valence-corrected chi connectivity index (χ0v) is 41.4. The number of rotatable bonds is 13. The molecule has 6 rings (SSSR count). The maximum absolute atomic E-state index is 13.3. The predicted octanol–water partition coefficient (Wildman–Crippen LogP) is 7.73. The number of hydrogen-bond acceptors (Lipinski definition) is 16. The SMILES string of the molecule is CCn1c(O)c(N=Nc2ccc(-c3ccc(N=Nc4c(C)c(C(=O)NC(=O)c5ccc(Br)cc5)c(=O)n(CC)c4O)cc3S(=O)(=O)O)c(S(=O)(=O)O)c2)c(C)c(C(=O)NC(=O)c2ccc(Br)cc2)c1=O. The van der Waals surface area contributed by atoms with Crippen molar-refractivity contribution >= 4 is 98.5 Å². The predicted molar refractivity (Wildman–Crippen MR) is 257 cm³/mol. The van der Waals surface area contributed by atoms with Crippen molar-refractivity contribution in [1.82, 2.24) is 19.8 Å².